The molecule has 0 N–H and O–H groups in total. The first-order valence-corrected chi connectivity index (χ1v) is 11.1. The van der Waals surface area contributed by atoms with Gasteiger partial charge in [-0.3, -0.25) is 0 Å². The first kappa shape index (κ1) is 21.9. The molecular formula is C21H26N2O6S. The molecule has 0 aromatic heterocycles. The Labute approximate surface area is 177 Å². The molecule has 0 radical (unpaired) electrons. The summed E-state index contributed by atoms with van der Waals surface area (Å²) in [7, 11) is -0.779. The van der Waals surface area contributed by atoms with Gasteiger partial charge in [-0.1, -0.05) is 30.3 Å². The average molecular weight is 435 g/mol. The van der Waals surface area contributed by atoms with Crippen LogP contribution < -0.4 is 9.47 Å². The first-order valence-electron chi connectivity index (χ1n) is 9.63. The molecule has 3 rings (SSSR count). The van der Waals surface area contributed by atoms with Crippen LogP contribution in [0.4, 0.5) is 4.79 Å². The number of hydrogen-bond acceptors (Lipinski definition) is 6. The van der Waals surface area contributed by atoms with E-state index in [1.807, 2.05) is 30.3 Å². The maximum absolute atomic E-state index is 13.1. The molecule has 30 heavy (non-hydrogen) atoms. The molecule has 0 spiro atoms. The van der Waals surface area contributed by atoms with Crippen molar-refractivity contribution in [3.8, 4) is 11.5 Å². The highest BCUT2D eigenvalue weighted by Crippen LogP contribution is 2.30. The van der Waals surface area contributed by atoms with Gasteiger partial charge in [0.25, 0.3) is 0 Å². The van der Waals surface area contributed by atoms with E-state index in [1.54, 1.807) is 11.0 Å². The molecule has 0 unspecified atom stereocenters. The number of carbonyl (C=O) groups is 1. The van der Waals surface area contributed by atoms with Crippen molar-refractivity contribution >= 4 is 16.1 Å². The second kappa shape index (κ2) is 9.82. The molecule has 9 heteroatoms. The number of ether oxygens (including phenoxy) is 3. The van der Waals surface area contributed by atoms with Gasteiger partial charge in [0, 0.05) is 32.2 Å². The number of methoxy groups -OCH3 is 2. The van der Waals surface area contributed by atoms with Crippen LogP contribution in [0.1, 0.15) is 12.0 Å². The molecule has 2 aromatic rings. The highest BCUT2D eigenvalue weighted by atomic mass is 32.2. The zero-order chi connectivity index (χ0) is 21.6. The van der Waals surface area contributed by atoms with E-state index in [4.69, 9.17) is 14.2 Å². The third-order valence-electron chi connectivity index (χ3n) is 4.91. The monoisotopic (exact) mass is 434 g/mol. The van der Waals surface area contributed by atoms with Crippen LogP contribution in [0.2, 0.25) is 0 Å². The second-order valence-corrected chi connectivity index (χ2v) is 8.74. The molecule has 1 aliphatic heterocycles. The van der Waals surface area contributed by atoms with E-state index < -0.39 is 16.1 Å². The van der Waals surface area contributed by atoms with Crippen molar-refractivity contribution in [1.82, 2.24) is 9.21 Å². The van der Waals surface area contributed by atoms with Crippen LogP contribution in [-0.4, -0.2) is 64.1 Å². The quantitative estimate of drug-likeness (QED) is 0.695. The van der Waals surface area contributed by atoms with Crippen LogP contribution in [0.5, 0.6) is 11.5 Å². The molecule has 1 aliphatic rings. The van der Waals surface area contributed by atoms with Gasteiger partial charge in [0.1, 0.15) is 6.61 Å². The number of carbonyl (C=O) groups excluding carboxylic acids is 1. The zero-order valence-corrected chi connectivity index (χ0v) is 17.9. The minimum atomic E-state index is -3.73. The van der Waals surface area contributed by atoms with Gasteiger partial charge in [0.05, 0.1) is 19.1 Å². The van der Waals surface area contributed by atoms with Crippen LogP contribution in [0.15, 0.2) is 53.4 Å². The van der Waals surface area contributed by atoms with E-state index in [0.717, 1.165) is 5.56 Å². The number of rotatable bonds is 6. The molecule has 0 bridgehead atoms. The van der Waals surface area contributed by atoms with Gasteiger partial charge in [0.15, 0.2) is 11.5 Å². The van der Waals surface area contributed by atoms with Gasteiger partial charge in [-0.05, 0) is 24.1 Å². The van der Waals surface area contributed by atoms with Crippen LogP contribution >= 0.6 is 0 Å². The Morgan fingerprint density at radius 2 is 1.67 bits per heavy atom. The van der Waals surface area contributed by atoms with E-state index >= 15 is 0 Å². The molecule has 2 aromatic carbocycles. The Bertz CT molecular complexity index is 965. The van der Waals surface area contributed by atoms with E-state index in [2.05, 4.69) is 0 Å². The van der Waals surface area contributed by atoms with Crippen LogP contribution in [0, 0.1) is 0 Å². The maximum atomic E-state index is 13.1. The van der Waals surface area contributed by atoms with Crippen molar-refractivity contribution in [1.29, 1.82) is 0 Å². The van der Waals surface area contributed by atoms with Crippen molar-refractivity contribution in [2.45, 2.75) is 17.9 Å². The second-order valence-electron chi connectivity index (χ2n) is 6.80. The minimum Gasteiger partial charge on any atom is -0.493 e. The standard InChI is InChI=1S/C21H26N2O6S/c1-27-19-10-9-18(15-20(19)28-2)30(25,26)23-12-6-11-22(13-14-23)21(24)29-16-17-7-4-3-5-8-17/h3-5,7-10,15H,6,11-14,16H2,1-2H3. The SMILES string of the molecule is COc1ccc(S(=O)(=O)N2CCCN(C(=O)OCc3ccccc3)CC2)cc1OC. The number of sulfonamides is 1. The molecule has 1 amide bonds. The van der Waals surface area contributed by atoms with Crippen molar-refractivity contribution in [3.63, 3.8) is 0 Å². The summed E-state index contributed by atoms with van der Waals surface area (Å²) in [6.07, 6.45) is 0.0803. The van der Waals surface area contributed by atoms with Gasteiger partial charge < -0.3 is 19.1 Å². The van der Waals surface area contributed by atoms with Crippen LogP contribution in [-0.2, 0) is 21.4 Å². The zero-order valence-electron chi connectivity index (χ0n) is 17.1. The number of hydrogen-bond donors (Lipinski definition) is 0. The number of amides is 1. The molecule has 8 nitrogen and oxygen atoms in total. The minimum absolute atomic E-state index is 0.125. The summed E-state index contributed by atoms with van der Waals surface area (Å²) in [5, 5.41) is 0. The highest BCUT2D eigenvalue weighted by Gasteiger charge is 2.29. The van der Waals surface area contributed by atoms with Gasteiger partial charge in [0.2, 0.25) is 10.0 Å². The van der Waals surface area contributed by atoms with Gasteiger partial charge in [-0.15, -0.1) is 0 Å². The molecule has 1 heterocycles. The predicted octanol–water partition coefficient (Wildman–Crippen LogP) is 2.74. The summed E-state index contributed by atoms with van der Waals surface area (Å²) in [5.41, 5.74) is 0.901. The lowest BCUT2D eigenvalue weighted by Crippen LogP contribution is -2.37. The third kappa shape index (κ3) is 5.03. The summed E-state index contributed by atoms with van der Waals surface area (Å²) < 4.78 is 43.3. The lowest BCUT2D eigenvalue weighted by Gasteiger charge is -2.22. The molecular weight excluding hydrogens is 408 g/mol. The average Bonchev–Trinajstić information content (AvgIpc) is 3.04. The molecule has 0 atom stereocenters. The molecule has 1 saturated heterocycles. The number of nitrogens with zero attached hydrogens (tertiary/aromatic N) is 2. The van der Waals surface area contributed by atoms with Gasteiger partial charge in [-0.2, -0.15) is 4.31 Å². The molecule has 0 saturated carbocycles. The van der Waals surface area contributed by atoms with E-state index in [1.165, 1.54) is 30.7 Å². The Kier molecular flexibility index (Phi) is 7.17. The van der Waals surface area contributed by atoms with Gasteiger partial charge in [-0.25, -0.2) is 13.2 Å². The Morgan fingerprint density at radius 3 is 2.37 bits per heavy atom. The van der Waals surface area contributed by atoms with Crippen molar-refractivity contribution in [2.75, 3.05) is 40.4 Å². The summed E-state index contributed by atoms with van der Waals surface area (Å²) in [6.45, 7) is 1.39. The van der Waals surface area contributed by atoms with E-state index in [0.29, 0.717) is 31.0 Å². The van der Waals surface area contributed by atoms with Gasteiger partial charge >= 0.3 is 6.09 Å². The lowest BCUT2D eigenvalue weighted by molar-refractivity contribution is 0.0980. The predicted molar refractivity (Wildman–Crippen MR) is 111 cm³/mol. The fraction of sp³-hybridized carbons (Fsp3) is 0.381. The Morgan fingerprint density at radius 1 is 0.933 bits per heavy atom. The fourth-order valence-electron chi connectivity index (χ4n) is 3.25. The number of benzene rings is 2. The fourth-order valence-corrected chi connectivity index (χ4v) is 4.74. The van der Waals surface area contributed by atoms with Crippen LogP contribution in [0.3, 0.4) is 0 Å². The maximum Gasteiger partial charge on any atom is 0.410 e. The Balaban J connectivity index is 1.64. The topological polar surface area (TPSA) is 85.4 Å². The van der Waals surface area contributed by atoms with Crippen molar-refractivity contribution in [2.24, 2.45) is 0 Å². The molecule has 0 aliphatic carbocycles. The lowest BCUT2D eigenvalue weighted by atomic mass is 10.2. The smallest absolute Gasteiger partial charge is 0.410 e. The summed E-state index contributed by atoms with van der Waals surface area (Å²) in [6, 6.07) is 13.9. The normalized spacial score (nSPS) is 15.3. The van der Waals surface area contributed by atoms with Crippen LogP contribution in [0.25, 0.3) is 0 Å². The summed E-state index contributed by atoms with van der Waals surface area (Å²) >= 11 is 0. The summed E-state index contributed by atoms with van der Waals surface area (Å²) in [4.78, 5) is 14.1. The van der Waals surface area contributed by atoms with Crippen molar-refractivity contribution in [3.05, 3.63) is 54.1 Å². The third-order valence-corrected chi connectivity index (χ3v) is 6.81. The van der Waals surface area contributed by atoms with E-state index in [-0.39, 0.29) is 24.6 Å². The van der Waals surface area contributed by atoms with Crippen molar-refractivity contribution < 1.29 is 27.4 Å². The molecule has 1 fully saturated rings. The summed E-state index contributed by atoms with van der Waals surface area (Å²) in [5.74, 6) is 0.805. The largest absolute Gasteiger partial charge is 0.493 e. The van der Waals surface area contributed by atoms with E-state index in [9.17, 15) is 13.2 Å². The highest BCUT2D eigenvalue weighted by molar-refractivity contribution is 7.89. The molecule has 162 valence electrons. The first-order chi connectivity index (χ1) is 14.5. The Hall–Kier alpha value is -2.78.